The number of ether oxygens (including phenoxy) is 3. The summed E-state index contributed by atoms with van der Waals surface area (Å²) in [5.41, 5.74) is 1.35. The van der Waals surface area contributed by atoms with Gasteiger partial charge in [0.25, 0.3) is 0 Å². The second-order valence-electron chi connectivity index (χ2n) is 5.84. The van der Waals surface area contributed by atoms with Crippen molar-refractivity contribution in [1.29, 1.82) is 0 Å². The van der Waals surface area contributed by atoms with Crippen LogP contribution in [0.25, 0.3) is 0 Å². The third-order valence-electron chi connectivity index (χ3n) is 3.72. The maximum absolute atomic E-state index is 12.2. The number of pyridine rings is 1. The highest BCUT2D eigenvalue weighted by molar-refractivity contribution is 5.91. The van der Waals surface area contributed by atoms with E-state index >= 15 is 0 Å². The highest BCUT2D eigenvalue weighted by Crippen LogP contribution is 2.29. The Bertz CT molecular complexity index is 1040. The molecule has 0 aliphatic carbocycles. The quantitative estimate of drug-likeness (QED) is 0.323. The van der Waals surface area contributed by atoms with E-state index in [2.05, 4.69) is 14.7 Å². The second kappa shape index (κ2) is 9.08. The zero-order valence-electron chi connectivity index (χ0n) is 15.6. The molecule has 9 heteroatoms. The van der Waals surface area contributed by atoms with E-state index in [4.69, 9.17) is 9.47 Å². The Morgan fingerprint density at radius 1 is 1.07 bits per heavy atom. The number of benzene rings is 2. The molecule has 0 radical (unpaired) electrons. The first-order chi connectivity index (χ1) is 14.3. The van der Waals surface area contributed by atoms with E-state index in [1.807, 2.05) is 0 Å². The summed E-state index contributed by atoms with van der Waals surface area (Å²) in [5, 5.41) is 0. The first-order valence-electron chi connectivity index (χ1n) is 8.54. The SMILES string of the molecule is COc1cc(C=Nc2ccc(OC(F)(F)F)cc2)ccc1OC(=O)c1cccnc1. The van der Waals surface area contributed by atoms with Gasteiger partial charge in [0.1, 0.15) is 5.75 Å². The van der Waals surface area contributed by atoms with E-state index in [1.54, 1.807) is 36.5 Å². The molecule has 6 nitrogen and oxygen atoms in total. The van der Waals surface area contributed by atoms with Crippen LogP contribution in [0.15, 0.2) is 72.0 Å². The van der Waals surface area contributed by atoms with Crippen molar-refractivity contribution in [3.8, 4) is 17.2 Å². The van der Waals surface area contributed by atoms with Crippen molar-refractivity contribution in [3.05, 3.63) is 78.1 Å². The third kappa shape index (κ3) is 5.81. The molecule has 2 aromatic carbocycles. The molecule has 154 valence electrons. The Morgan fingerprint density at radius 3 is 2.47 bits per heavy atom. The molecule has 0 atom stereocenters. The lowest BCUT2D eigenvalue weighted by atomic mass is 10.2. The zero-order chi connectivity index (χ0) is 21.6. The Hall–Kier alpha value is -3.88. The Morgan fingerprint density at radius 2 is 1.83 bits per heavy atom. The fraction of sp³-hybridized carbons (Fsp3) is 0.0952. The van der Waals surface area contributed by atoms with Crippen LogP contribution in [-0.2, 0) is 0 Å². The number of hydrogen-bond donors (Lipinski definition) is 0. The summed E-state index contributed by atoms with van der Waals surface area (Å²) in [6, 6.07) is 13.1. The molecule has 0 fully saturated rings. The number of carbonyl (C=O) groups is 1. The van der Waals surface area contributed by atoms with Gasteiger partial charge in [0.2, 0.25) is 0 Å². The summed E-state index contributed by atoms with van der Waals surface area (Å²) in [4.78, 5) is 20.2. The van der Waals surface area contributed by atoms with Crippen molar-refractivity contribution < 1.29 is 32.2 Å². The minimum absolute atomic E-state index is 0.220. The number of aliphatic imine (C=N–C) groups is 1. The number of halogens is 3. The lowest BCUT2D eigenvalue weighted by Gasteiger charge is -2.10. The van der Waals surface area contributed by atoms with Crippen LogP contribution in [0.3, 0.4) is 0 Å². The molecule has 3 aromatic rings. The van der Waals surface area contributed by atoms with Gasteiger partial charge in [-0.1, -0.05) is 0 Å². The van der Waals surface area contributed by atoms with Crippen LogP contribution in [0.1, 0.15) is 15.9 Å². The van der Waals surface area contributed by atoms with Crippen LogP contribution >= 0.6 is 0 Å². The summed E-state index contributed by atoms with van der Waals surface area (Å²) in [6.45, 7) is 0. The van der Waals surface area contributed by atoms with Crippen LogP contribution in [0.4, 0.5) is 18.9 Å². The van der Waals surface area contributed by atoms with Gasteiger partial charge in [-0.25, -0.2) is 4.79 Å². The second-order valence-corrected chi connectivity index (χ2v) is 5.84. The minimum Gasteiger partial charge on any atom is -0.493 e. The first-order valence-corrected chi connectivity index (χ1v) is 8.54. The first kappa shape index (κ1) is 20.8. The van der Waals surface area contributed by atoms with Crippen molar-refractivity contribution in [2.75, 3.05) is 7.11 Å². The largest absolute Gasteiger partial charge is 0.573 e. The van der Waals surface area contributed by atoms with Crippen molar-refractivity contribution >= 4 is 17.9 Å². The van der Waals surface area contributed by atoms with Crippen molar-refractivity contribution in [1.82, 2.24) is 4.98 Å². The predicted octanol–water partition coefficient (Wildman–Crippen LogP) is 4.96. The molecule has 0 N–H and O–H groups in total. The van der Waals surface area contributed by atoms with E-state index in [9.17, 15) is 18.0 Å². The highest BCUT2D eigenvalue weighted by atomic mass is 19.4. The molecule has 1 heterocycles. The Balaban J connectivity index is 1.70. The maximum atomic E-state index is 12.2. The lowest BCUT2D eigenvalue weighted by Crippen LogP contribution is -2.16. The molecule has 0 saturated carbocycles. The monoisotopic (exact) mass is 416 g/mol. The molecule has 30 heavy (non-hydrogen) atoms. The fourth-order valence-electron chi connectivity index (χ4n) is 2.37. The predicted molar refractivity (Wildman–Crippen MR) is 103 cm³/mol. The van der Waals surface area contributed by atoms with E-state index in [0.717, 1.165) is 0 Å². The van der Waals surface area contributed by atoms with E-state index < -0.39 is 12.3 Å². The van der Waals surface area contributed by atoms with Gasteiger partial charge in [-0.3, -0.25) is 9.98 Å². The number of carbonyl (C=O) groups excluding carboxylic acids is 1. The Labute approximate surface area is 169 Å². The highest BCUT2D eigenvalue weighted by Gasteiger charge is 2.30. The molecule has 0 spiro atoms. The van der Waals surface area contributed by atoms with Crippen molar-refractivity contribution in [2.45, 2.75) is 6.36 Å². The normalized spacial score (nSPS) is 11.3. The average Bonchev–Trinajstić information content (AvgIpc) is 2.73. The summed E-state index contributed by atoms with van der Waals surface area (Å²) in [6.07, 6.45) is -0.318. The number of rotatable bonds is 6. The molecular weight excluding hydrogens is 401 g/mol. The van der Waals surface area contributed by atoms with Gasteiger partial charge in [0.05, 0.1) is 18.4 Å². The van der Waals surface area contributed by atoms with Crippen molar-refractivity contribution in [3.63, 3.8) is 0 Å². The average molecular weight is 416 g/mol. The van der Waals surface area contributed by atoms with E-state index in [1.165, 1.54) is 43.8 Å². The summed E-state index contributed by atoms with van der Waals surface area (Å²) >= 11 is 0. The molecule has 0 saturated heterocycles. The number of alkyl halides is 3. The standard InChI is InChI=1S/C21H15F3N2O4/c1-28-19-11-14(4-9-18(19)29-20(27)15-3-2-10-25-13-15)12-26-16-5-7-17(8-6-16)30-21(22,23)24/h2-13H,1H3. The summed E-state index contributed by atoms with van der Waals surface area (Å²) in [7, 11) is 1.43. The number of aromatic nitrogens is 1. The van der Waals surface area contributed by atoms with Gasteiger partial charge in [-0.15, -0.1) is 13.2 Å². The fourth-order valence-corrected chi connectivity index (χ4v) is 2.37. The molecule has 0 aliphatic rings. The van der Waals surface area contributed by atoms with Gasteiger partial charge in [-0.05, 0) is 60.2 Å². The molecular formula is C21H15F3N2O4. The van der Waals surface area contributed by atoms with Crippen LogP contribution in [-0.4, -0.2) is 30.6 Å². The van der Waals surface area contributed by atoms with E-state index in [-0.39, 0.29) is 11.5 Å². The smallest absolute Gasteiger partial charge is 0.493 e. The molecule has 0 unspecified atom stereocenters. The van der Waals surface area contributed by atoms with Gasteiger partial charge in [0, 0.05) is 18.6 Å². The number of hydrogen-bond acceptors (Lipinski definition) is 6. The topological polar surface area (TPSA) is 70.0 Å². The van der Waals surface area contributed by atoms with Crippen LogP contribution in [0, 0.1) is 0 Å². The van der Waals surface area contributed by atoms with Gasteiger partial charge in [0.15, 0.2) is 11.5 Å². The van der Waals surface area contributed by atoms with Crippen LogP contribution < -0.4 is 14.2 Å². The molecule has 0 amide bonds. The van der Waals surface area contributed by atoms with Crippen LogP contribution in [0.2, 0.25) is 0 Å². The Kier molecular flexibility index (Phi) is 6.31. The number of methoxy groups -OCH3 is 1. The zero-order valence-corrected chi connectivity index (χ0v) is 15.6. The van der Waals surface area contributed by atoms with Crippen LogP contribution in [0.5, 0.6) is 17.2 Å². The van der Waals surface area contributed by atoms with E-state index in [0.29, 0.717) is 22.6 Å². The van der Waals surface area contributed by atoms with Gasteiger partial charge >= 0.3 is 12.3 Å². The molecule has 1 aromatic heterocycles. The third-order valence-corrected chi connectivity index (χ3v) is 3.72. The minimum atomic E-state index is -4.75. The maximum Gasteiger partial charge on any atom is 0.573 e. The summed E-state index contributed by atoms with van der Waals surface area (Å²) in [5.74, 6) is -0.380. The molecule has 3 rings (SSSR count). The number of esters is 1. The lowest BCUT2D eigenvalue weighted by molar-refractivity contribution is -0.274. The summed E-state index contributed by atoms with van der Waals surface area (Å²) < 4.78 is 51.0. The van der Waals surface area contributed by atoms with Crippen molar-refractivity contribution in [2.24, 2.45) is 4.99 Å². The molecule has 0 aliphatic heterocycles. The molecule has 0 bridgehead atoms. The van der Waals surface area contributed by atoms with Gasteiger partial charge in [-0.2, -0.15) is 0 Å². The number of nitrogens with zero attached hydrogens (tertiary/aromatic N) is 2. The van der Waals surface area contributed by atoms with Gasteiger partial charge < -0.3 is 14.2 Å².